The van der Waals surface area contributed by atoms with Crippen molar-refractivity contribution in [1.29, 1.82) is 5.26 Å². The molecular weight excluding hydrogens is 292 g/mol. The van der Waals surface area contributed by atoms with E-state index >= 15 is 0 Å². The highest BCUT2D eigenvalue weighted by Gasteiger charge is 2.20. The lowest BCUT2D eigenvalue weighted by molar-refractivity contribution is 0.0471. The van der Waals surface area contributed by atoms with Gasteiger partial charge in [-0.05, 0) is 26.0 Å². The number of nitriles is 1. The van der Waals surface area contributed by atoms with E-state index in [-0.39, 0.29) is 6.61 Å². The van der Waals surface area contributed by atoms with Crippen molar-refractivity contribution in [2.45, 2.75) is 20.5 Å². The molecule has 0 atom stereocenters. The van der Waals surface area contributed by atoms with E-state index in [9.17, 15) is 10.1 Å². The van der Waals surface area contributed by atoms with Crippen LogP contribution in [0.3, 0.4) is 0 Å². The van der Waals surface area contributed by atoms with E-state index in [0.717, 1.165) is 11.2 Å². The summed E-state index contributed by atoms with van der Waals surface area (Å²) < 4.78 is 8.91. The molecule has 0 fully saturated rings. The first-order valence-corrected chi connectivity index (χ1v) is 7.19. The molecule has 0 amide bonds. The summed E-state index contributed by atoms with van der Waals surface area (Å²) in [6.45, 7) is 3.65. The van der Waals surface area contributed by atoms with Crippen molar-refractivity contribution in [2.75, 3.05) is 0 Å². The molecule has 3 rings (SSSR count). The van der Waals surface area contributed by atoms with Gasteiger partial charge in [-0.2, -0.15) is 10.4 Å². The van der Waals surface area contributed by atoms with Gasteiger partial charge in [-0.25, -0.2) is 4.79 Å². The Morgan fingerprint density at radius 1 is 1.39 bits per heavy atom. The second kappa shape index (κ2) is 5.61. The minimum Gasteiger partial charge on any atom is -0.457 e. The Kier molecular flexibility index (Phi) is 3.62. The molecule has 0 bridgehead atoms. The van der Waals surface area contributed by atoms with E-state index in [1.165, 1.54) is 0 Å². The number of esters is 1. The third kappa shape index (κ3) is 2.46. The summed E-state index contributed by atoms with van der Waals surface area (Å²) in [6.07, 6.45) is 3.67. The van der Waals surface area contributed by atoms with Crippen LogP contribution in [0.5, 0.6) is 0 Å². The van der Waals surface area contributed by atoms with Gasteiger partial charge < -0.3 is 9.14 Å². The van der Waals surface area contributed by atoms with Gasteiger partial charge in [-0.15, -0.1) is 0 Å². The van der Waals surface area contributed by atoms with Gasteiger partial charge in [-0.3, -0.25) is 4.68 Å². The van der Waals surface area contributed by atoms with Crippen LogP contribution in [0.2, 0.25) is 0 Å². The molecule has 116 valence electrons. The van der Waals surface area contributed by atoms with E-state index < -0.39 is 5.97 Å². The molecule has 3 aromatic heterocycles. The number of carbonyl (C=O) groups is 1. The maximum absolute atomic E-state index is 12.3. The quantitative estimate of drug-likeness (QED) is 0.697. The number of aromatic nitrogens is 3. The number of nitrogens with zero attached hydrogens (tertiary/aromatic N) is 4. The summed E-state index contributed by atoms with van der Waals surface area (Å²) in [5.41, 5.74) is 3.89. The first-order chi connectivity index (χ1) is 11.0. The van der Waals surface area contributed by atoms with Gasteiger partial charge in [0.25, 0.3) is 0 Å². The summed E-state index contributed by atoms with van der Waals surface area (Å²) in [4.78, 5) is 12.3. The monoisotopic (exact) mass is 308 g/mol. The van der Waals surface area contributed by atoms with Crippen LogP contribution in [-0.2, 0) is 18.4 Å². The fourth-order valence-electron chi connectivity index (χ4n) is 2.70. The van der Waals surface area contributed by atoms with Crippen LogP contribution in [0, 0.1) is 25.2 Å². The maximum atomic E-state index is 12.3. The second-order valence-electron chi connectivity index (χ2n) is 5.38. The first-order valence-electron chi connectivity index (χ1n) is 7.19. The number of hydrogen-bond donors (Lipinski definition) is 0. The average Bonchev–Trinajstić information content (AvgIpc) is 3.01. The van der Waals surface area contributed by atoms with Gasteiger partial charge in [0.2, 0.25) is 0 Å². The zero-order valence-electron chi connectivity index (χ0n) is 13.2. The van der Waals surface area contributed by atoms with Crippen molar-refractivity contribution in [3.05, 3.63) is 58.7 Å². The normalized spacial score (nSPS) is 10.7. The lowest BCUT2D eigenvalue weighted by Crippen LogP contribution is -2.08. The fourth-order valence-corrected chi connectivity index (χ4v) is 2.70. The standard InChI is InChI=1S/C17H16N4O2/c1-11-16(12(2)20(3)19-11)17(22)23-10-13-9-21-7-5-4-6-15(21)14(13)8-18/h4-7,9H,10H2,1-3H3. The Balaban J connectivity index is 1.86. The van der Waals surface area contributed by atoms with Crippen molar-refractivity contribution in [1.82, 2.24) is 14.2 Å². The Bertz CT molecular complexity index is 944. The van der Waals surface area contributed by atoms with Crippen LogP contribution in [0.15, 0.2) is 30.6 Å². The van der Waals surface area contributed by atoms with E-state index in [0.29, 0.717) is 22.4 Å². The molecule has 23 heavy (non-hydrogen) atoms. The predicted molar refractivity (Wildman–Crippen MR) is 83.9 cm³/mol. The van der Waals surface area contributed by atoms with Crippen molar-refractivity contribution in [3.8, 4) is 6.07 Å². The number of aryl methyl sites for hydroxylation is 2. The highest BCUT2D eigenvalue weighted by atomic mass is 16.5. The molecule has 3 aromatic rings. The smallest absolute Gasteiger partial charge is 0.342 e. The van der Waals surface area contributed by atoms with Gasteiger partial charge in [0.15, 0.2) is 0 Å². The van der Waals surface area contributed by atoms with Crippen LogP contribution < -0.4 is 0 Å². The summed E-state index contributed by atoms with van der Waals surface area (Å²) >= 11 is 0. The van der Waals surface area contributed by atoms with Crippen molar-refractivity contribution < 1.29 is 9.53 Å². The third-order valence-corrected chi connectivity index (χ3v) is 3.95. The maximum Gasteiger partial charge on any atom is 0.342 e. The first kappa shape index (κ1) is 14.9. The van der Waals surface area contributed by atoms with Gasteiger partial charge >= 0.3 is 5.97 Å². The number of pyridine rings is 1. The molecule has 0 N–H and O–H groups in total. The highest BCUT2D eigenvalue weighted by Crippen LogP contribution is 2.20. The molecule has 3 heterocycles. The zero-order chi connectivity index (χ0) is 16.6. The van der Waals surface area contributed by atoms with Gasteiger partial charge in [-0.1, -0.05) is 6.07 Å². The lowest BCUT2D eigenvalue weighted by Gasteiger charge is -2.04. The van der Waals surface area contributed by atoms with Crippen LogP contribution in [0.4, 0.5) is 0 Å². The van der Waals surface area contributed by atoms with E-state index in [2.05, 4.69) is 11.2 Å². The molecule has 6 heteroatoms. The topological polar surface area (TPSA) is 72.3 Å². The summed E-state index contributed by atoms with van der Waals surface area (Å²) in [7, 11) is 1.79. The summed E-state index contributed by atoms with van der Waals surface area (Å²) in [5.74, 6) is -0.424. The minimum absolute atomic E-state index is 0.0528. The molecule has 0 aliphatic rings. The highest BCUT2D eigenvalue weighted by molar-refractivity contribution is 5.91. The van der Waals surface area contributed by atoms with E-state index in [4.69, 9.17) is 4.74 Å². The molecule has 0 saturated heterocycles. The Morgan fingerprint density at radius 3 is 2.83 bits per heavy atom. The molecule has 0 aliphatic heterocycles. The predicted octanol–water partition coefficient (Wildman–Crippen LogP) is 2.52. The Morgan fingerprint density at radius 2 is 2.17 bits per heavy atom. The van der Waals surface area contributed by atoms with Gasteiger partial charge in [0.05, 0.1) is 16.8 Å². The van der Waals surface area contributed by atoms with Crippen LogP contribution >= 0.6 is 0 Å². The number of hydrogen-bond acceptors (Lipinski definition) is 4. The van der Waals surface area contributed by atoms with Crippen molar-refractivity contribution >= 4 is 11.5 Å². The molecule has 0 unspecified atom stereocenters. The largest absolute Gasteiger partial charge is 0.457 e. The summed E-state index contributed by atoms with van der Waals surface area (Å²) in [5, 5.41) is 13.6. The number of carbonyl (C=O) groups excluding carboxylic acids is 1. The molecule has 0 saturated carbocycles. The van der Waals surface area contributed by atoms with Crippen LogP contribution in [0.25, 0.3) is 5.52 Å². The Hall–Kier alpha value is -3.07. The van der Waals surface area contributed by atoms with Crippen LogP contribution in [-0.4, -0.2) is 20.2 Å². The van der Waals surface area contributed by atoms with Gasteiger partial charge in [0, 0.05) is 30.7 Å². The second-order valence-corrected chi connectivity index (χ2v) is 5.38. The van der Waals surface area contributed by atoms with Crippen molar-refractivity contribution in [2.24, 2.45) is 7.05 Å². The fraction of sp³-hybridized carbons (Fsp3) is 0.235. The Labute approximate surface area is 133 Å². The molecule has 0 spiro atoms. The zero-order valence-corrected chi connectivity index (χ0v) is 13.2. The number of rotatable bonds is 3. The van der Waals surface area contributed by atoms with Gasteiger partial charge in [0.1, 0.15) is 18.2 Å². The molecular formula is C17H16N4O2. The van der Waals surface area contributed by atoms with E-state index in [1.807, 2.05) is 41.9 Å². The van der Waals surface area contributed by atoms with Crippen LogP contribution in [0.1, 0.15) is 32.9 Å². The molecule has 6 nitrogen and oxygen atoms in total. The molecule has 0 aromatic carbocycles. The molecule has 0 radical (unpaired) electrons. The minimum atomic E-state index is -0.424. The van der Waals surface area contributed by atoms with Crippen molar-refractivity contribution in [3.63, 3.8) is 0 Å². The SMILES string of the molecule is Cc1nn(C)c(C)c1C(=O)OCc1cn2ccccc2c1C#N. The summed E-state index contributed by atoms with van der Waals surface area (Å²) in [6, 6.07) is 7.79. The number of ether oxygens (including phenoxy) is 1. The average molecular weight is 308 g/mol. The third-order valence-electron chi connectivity index (χ3n) is 3.95. The number of fused-ring (bicyclic) bond motifs is 1. The van der Waals surface area contributed by atoms with E-state index in [1.54, 1.807) is 18.7 Å². The molecule has 0 aliphatic carbocycles. The lowest BCUT2D eigenvalue weighted by atomic mass is 10.2.